The molecule has 276 valence electrons. The molecule has 3 aromatic carbocycles. The minimum Gasteiger partial charge on any atom is -0.494 e. The number of rotatable bonds is 24. The van der Waals surface area contributed by atoms with Gasteiger partial charge in [-0.15, -0.1) is 0 Å². The van der Waals surface area contributed by atoms with Crippen molar-refractivity contribution < 1.29 is 33.3 Å². The van der Waals surface area contributed by atoms with E-state index < -0.39 is 11.4 Å². The van der Waals surface area contributed by atoms with Crippen molar-refractivity contribution in [3.8, 4) is 11.5 Å². The second kappa shape index (κ2) is 22.8. The molecule has 0 saturated heterocycles. The Kier molecular flexibility index (Phi) is 17.5. The van der Waals surface area contributed by atoms with Crippen LogP contribution < -0.4 is 9.47 Å². The lowest BCUT2D eigenvalue weighted by molar-refractivity contribution is -0.137. The molecule has 0 aliphatic heterocycles. The summed E-state index contributed by atoms with van der Waals surface area (Å²) in [4.78, 5) is 23.8. The molecular weight excluding hydrogens is 652 g/mol. The molecular formula is C45H54O7. The molecule has 0 amide bonds. The summed E-state index contributed by atoms with van der Waals surface area (Å²) in [6.45, 7) is 8.15. The quantitative estimate of drug-likeness (QED) is 0.0521. The molecule has 1 aliphatic rings. The molecule has 52 heavy (non-hydrogen) atoms. The second-order valence-electron chi connectivity index (χ2n) is 12.9. The topological polar surface area (TPSA) is 80.3 Å². The fraction of sp³-hybridized carbons (Fsp3) is 0.378. The third kappa shape index (κ3) is 13.3. The Labute approximate surface area is 310 Å². The van der Waals surface area contributed by atoms with Crippen molar-refractivity contribution in [2.45, 2.75) is 63.7 Å². The number of carbonyl (C=O) groups excluding carboxylic acids is 2. The molecule has 4 rings (SSSR count). The van der Waals surface area contributed by atoms with Crippen molar-refractivity contribution in [1.82, 2.24) is 0 Å². The van der Waals surface area contributed by atoms with Gasteiger partial charge in [0.25, 0.3) is 0 Å². The highest BCUT2D eigenvalue weighted by Crippen LogP contribution is 2.39. The summed E-state index contributed by atoms with van der Waals surface area (Å²) >= 11 is 0. The number of esters is 2. The van der Waals surface area contributed by atoms with E-state index in [2.05, 4.69) is 86.4 Å². The standard InChI is InChI=1S/C45H54O7/c1-3-5-6-14-31-49-41-26-21-37(22-27-41)20-25-40-19-12-13-30-45(40,39-17-10-9-11-18-39)36-48-34-35-52-44(47)38-23-28-42(29-24-38)50-32-15-7-8-16-33-51-43(46)4-2/h4,9-13,17-30,40H,2-3,5-8,14-16,31-36H2,1H3. The van der Waals surface area contributed by atoms with Crippen molar-refractivity contribution in [1.29, 1.82) is 0 Å². The van der Waals surface area contributed by atoms with Crippen LogP contribution >= 0.6 is 0 Å². The summed E-state index contributed by atoms with van der Waals surface area (Å²) < 4.78 is 28.5. The molecule has 0 heterocycles. The Morgan fingerprint density at radius 3 is 2.04 bits per heavy atom. The Morgan fingerprint density at radius 2 is 1.37 bits per heavy atom. The molecule has 0 N–H and O–H groups in total. The van der Waals surface area contributed by atoms with Gasteiger partial charge in [-0.3, -0.25) is 0 Å². The summed E-state index contributed by atoms with van der Waals surface area (Å²) in [6, 6.07) is 25.6. The van der Waals surface area contributed by atoms with E-state index in [-0.39, 0.29) is 25.1 Å². The highest BCUT2D eigenvalue weighted by Gasteiger charge is 2.37. The van der Waals surface area contributed by atoms with E-state index in [1.807, 2.05) is 18.2 Å². The van der Waals surface area contributed by atoms with Crippen molar-refractivity contribution in [3.05, 3.63) is 139 Å². The van der Waals surface area contributed by atoms with Crippen LogP contribution in [-0.4, -0.2) is 51.6 Å². The number of ether oxygens (including phenoxy) is 5. The van der Waals surface area contributed by atoms with E-state index in [1.54, 1.807) is 24.3 Å². The van der Waals surface area contributed by atoms with Gasteiger partial charge in [0.2, 0.25) is 0 Å². The number of carbonyl (C=O) groups is 2. The van der Waals surface area contributed by atoms with Crippen LogP contribution in [0, 0.1) is 5.92 Å². The number of benzene rings is 3. The van der Waals surface area contributed by atoms with Gasteiger partial charge in [-0.25, -0.2) is 9.59 Å². The normalized spacial score (nSPS) is 16.4. The molecule has 0 saturated carbocycles. The predicted molar refractivity (Wildman–Crippen MR) is 208 cm³/mol. The van der Waals surface area contributed by atoms with Gasteiger partial charge in [0.15, 0.2) is 0 Å². The Bertz CT molecular complexity index is 1570. The second-order valence-corrected chi connectivity index (χ2v) is 12.9. The lowest BCUT2D eigenvalue weighted by Crippen LogP contribution is -2.38. The fourth-order valence-electron chi connectivity index (χ4n) is 5.99. The molecule has 1 aliphatic carbocycles. The summed E-state index contributed by atoms with van der Waals surface area (Å²) in [5, 5.41) is 0. The first kappa shape index (κ1) is 39.9. The zero-order chi connectivity index (χ0) is 36.7. The van der Waals surface area contributed by atoms with Crippen LogP contribution in [0.5, 0.6) is 11.5 Å². The van der Waals surface area contributed by atoms with Gasteiger partial charge in [-0.05, 0) is 79.6 Å². The predicted octanol–water partition coefficient (Wildman–Crippen LogP) is 9.88. The maximum atomic E-state index is 12.7. The largest absolute Gasteiger partial charge is 0.494 e. The third-order valence-electron chi connectivity index (χ3n) is 8.98. The summed E-state index contributed by atoms with van der Waals surface area (Å²) in [5.41, 5.74) is 2.30. The van der Waals surface area contributed by atoms with Crippen LogP contribution in [0.3, 0.4) is 0 Å². The average Bonchev–Trinajstić information content (AvgIpc) is 3.19. The number of allylic oxidation sites excluding steroid dienone is 4. The van der Waals surface area contributed by atoms with Crippen LogP contribution in [0.25, 0.3) is 6.08 Å². The summed E-state index contributed by atoms with van der Waals surface area (Å²) in [7, 11) is 0. The highest BCUT2D eigenvalue weighted by atomic mass is 16.6. The van der Waals surface area contributed by atoms with E-state index in [9.17, 15) is 9.59 Å². The fourth-order valence-corrected chi connectivity index (χ4v) is 5.99. The van der Waals surface area contributed by atoms with Crippen LogP contribution in [-0.2, 0) is 24.4 Å². The van der Waals surface area contributed by atoms with Gasteiger partial charge >= 0.3 is 11.9 Å². The van der Waals surface area contributed by atoms with Gasteiger partial charge in [-0.2, -0.15) is 0 Å². The Balaban J connectivity index is 1.23. The maximum Gasteiger partial charge on any atom is 0.338 e. The van der Waals surface area contributed by atoms with Crippen LogP contribution in [0.1, 0.15) is 79.8 Å². The zero-order valence-electron chi connectivity index (χ0n) is 30.6. The lowest BCUT2D eigenvalue weighted by Gasteiger charge is -2.37. The molecule has 0 fully saturated rings. The van der Waals surface area contributed by atoms with E-state index in [0.717, 1.165) is 55.6 Å². The Morgan fingerprint density at radius 1 is 0.712 bits per heavy atom. The molecule has 3 aromatic rings. The minimum atomic E-state index is -0.422. The van der Waals surface area contributed by atoms with Crippen LogP contribution in [0.4, 0.5) is 0 Å². The molecule has 2 atom stereocenters. The monoisotopic (exact) mass is 706 g/mol. The molecule has 0 spiro atoms. The van der Waals surface area contributed by atoms with Crippen molar-refractivity contribution in [3.63, 3.8) is 0 Å². The number of unbranched alkanes of at least 4 members (excludes halogenated alkanes) is 6. The Hall–Kier alpha value is -4.88. The average molecular weight is 707 g/mol. The van der Waals surface area contributed by atoms with Gasteiger partial charge < -0.3 is 23.7 Å². The van der Waals surface area contributed by atoms with Crippen molar-refractivity contribution >= 4 is 18.0 Å². The minimum absolute atomic E-state index is 0.0478. The van der Waals surface area contributed by atoms with Gasteiger partial charge in [0.05, 0.1) is 38.6 Å². The first-order chi connectivity index (χ1) is 25.5. The van der Waals surface area contributed by atoms with E-state index >= 15 is 0 Å². The van der Waals surface area contributed by atoms with E-state index in [1.165, 1.54) is 25.3 Å². The lowest BCUT2D eigenvalue weighted by atomic mass is 9.68. The first-order valence-electron chi connectivity index (χ1n) is 18.6. The number of hydrogen-bond acceptors (Lipinski definition) is 7. The highest BCUT2D eigenvalue weighted by molar-refractivity contribution is 5.89. The van der Waals surface area contributed by atoms with Crippen molar-refractivity contribution in [2.75, 3.05) is 39.6 Å². The van der Waals surface area contributed by atoms with Gasteiger partial charge in [0.1, 0.15) is 18.1 Å². The summed E-state index contributed by atoms with van der Waals surface area (Å²) in [5.74, 6) is 0.851. The molecule has 0 radical (unpaired) electrons. The first-order valence-corrected chi connectivity index (χ1v) is 18.6. The smallest absolute Gasteiger partial charge is 0.338 e. The SMILES string of the molecule is C=CC(=O)OCCCCCCOc1ccc(C(=O)OCCOCC2(c3ccccc3)C=CC=CC2C=Cc2ccc(OCCCCCC)cc2)cc1. The number of hydrogen-bond donors (Lipinski definition) is 0. The maximum absolute atomic E-state index is 12.7. The van der Waals surface area contributed by atoms with Crippen LogP contribution in [0.15, 0.2) is 122 Å². The molecule has 0 aromatic heterocycles. The van der Waals surface area contributed by atoms with E-state index in [4.69, 9.17) is 23.7 Å². The molecule has 2 unspecified atom stereocenters. The van der Waals surface area contributed by atoms with Gasteiger partial charge in [-0.1, -0.05) is 112 Å². The molecule has 0 bridgehead atoms. The summed E-state index contributed by atoms with van der Waals surface area (Å²) in [6.07, 6.45) is 22.5. The third-order valence-corrected chi connectivity index (χ3v) is 8.98. The van der Waals surface area contributed by atoms with E-state index in [0.29, 0.717) is 31.1 Å². The molecule has 7 nitrogen and oxygen atoms in total. The van der Waals surface area contributed by atoms with Crippen LogP contribution in [0.2, 0.25) is 0 Å². The zero-order valence-corrected chi connectivity index (χ0v) is 30.6. The van der Waals surface area contributed by atoms with Crippen molar-refractivity contribution in [2.24, 2.45) is 5.92 Å². The van der Waals surface area contributed by atoms with Gasteiger partial charge in [0, 0.05) is 17.4 Å². The molecule has 7 heteroatoms.